The fourth-order valence-corrected chi connectivity index (χ4v) is 1.95. The number of carbonyl (C=O) groups is 1. The highest BCUT2D eigenvalue weighted by atomic mass is 19.3. The molecule has 1 N–H and O–H groups in total. The molecule has 1 aromatic rings. The maximum absolute atomic E-state index is 12.4. The van der Waals surface area contributed by atoms with Crippen molar-refractivity contribution in [3.63, 3.8) is 0 Å². The van der Waals surface area contributed by atoms with Crippen LogP contribution < -0.4 is 14.8 Å². The number of hydrogen-bond acceptors (Lipinski definition) is 6. The van der Waals surface area contributed by atoms with Crippen molar-refractivity contribution in [2.45, 2.75) is 19.6 Å². The number of nitrogens with one attached hydrogen (secondary N) is 1. The van der Waals surface area contributed by atoms with Crippen LogP contribution in [0.4, 0.5) is 14.5 Å². The van der Waals surface area contributed by atoms with Crippen molar-refractivity contribution >= 4 is 17.7 Å². The van der Waals surface area contributed by atoms with E-state index in [1.165, 1.54) is 20.3 Å². The fraction of sp³-hybridized carbons (Fsp3) is 0.400. The Bertz CT molecular complexity index is 651. The third-order valence-electron chi connectivity index (χ3n) is 2.95. The summed E-state index contributed by atoms with van der Waals surface area (Å²) in [5.74, 6) is -1.09. The van der Waals surface area contributed by atoms with E-state index < -0.39 is 28.9 Å². The molecule has 0 spiro atoms. The number of benzene rings is 1. The molecule has 0 radical (unpaired) electrons. The van der Waals surface area contributed by atoms with Gasteiger partial charge in [-0.2, -0.15) is 8.78 Å². The zero-order valence-electron chi connectivity index (χ0n) is 13.8. The predicted molar refractivity (Wildman–Crippen MR) is 84.8 cm³/mol. The third-order valence-corrected chi connectivity index (χ3v) is 2.95. The van der Waals surface area contributed by atoms with Gasteiger partial charge in [-0.1, -0.05) is 0 Å². The van der Waals surface area contributed by atoms with Crippen molar-refractivity contribution in [2.24, 2.45) is 0 Å². The quantitative estimate of drug-likeness (QED) is 0.412. The molecule has 0 bridgehead atoms. The van der Waals surface area contributed by atoms with Gasteiger partial charge in [-0.05, 0) is 19.1 Å². The maximum atomic E-state index is 12.4. The lowest BCUT2D eigenvalue weighted by Gasteiger charge is -2.11. The molecule has 0 heterocycles. The number of amides is 1. The molecular weight excluding hydrogens is 342 g/mol. The van der Waals surface area contributed by atoms with Gasteiger partial charge in [-0.15, -0.1) is 0 Å². The van der Waals surface area contributed by atoms with E-state index in [0.29, 0.717) is 6.61 Å². The van der Waals surface area contributed by atoms with Crippen molar-refractivity contribution in [3.8, 4) is 11.5 Å². The molecule has 10 heteroatoms. The topological polar surface area (TPSA) is 99.9 Å². The van der Waals surface area contributed by atoms with Crippen molar-refractivity contribution in [3.05, 3.63) is 33.9 Å². The van der Waals surface area contributed by atoms with Gasteiger partial charge in [0.1, 0.15) is 0 Å². The molecule has 1 unspecified atom stereocenters. The van der Waals surface area contributed by atoms with Gasteiger partial charge >= 0.3 is 6.61 Å². The van der Waals surface area contributed by atoms with Crippen molar-refractivity contribution in [2.75, 3.05) is 20.8 Å². The number of ether oxygens (including phenoxy) is 3. The standard InChI is InChI=1S/C15H18F2N2O6/c1-9(8-23-2)18-14(20)5-4-10-6-12(24-3)13(25-15(16)17)7-11(10)19(21)22/h4-7,9,15H,8H2,1-3H3,(H,18,20). The molecule has 0 saturated carbocycles. The smallest absolute Gasteiger partial charge is 0.387 e. The average molecular weight is 360 g/mol. The van der Waals surface area contributed by atoms with E-state index in [1.54, 1.807) is 6.92 Å². The highest BCUT2D eigenvalue weighted by Crippen LogP contribution is 2.36. The van der Waals surface area contributed by atoms with Crippen LogP contribution in [-0.2, 0) is 9.53 Å². The molecule has 0 aliphatic carbocycles. The number of carbonyl (C=O) groups excluding carboxylic acids is 1. The minimum atomic E-state index is -3.16. The van der Waals surface area contributed by atoms with Gasteiger partial charge in [0.2, 0.25) is 5.91 Å². The monoisotopic (exact) mass is 360 g/mol. The predicted octanol–water partition coefficient (Wildman–Crippen LogP) is 2.37. The highest BCUT2D eigenvalue weighted by molar-refractivity contribution is 5.92. The van der Waals surface area contributed by atoms with Gasteiger partial charge in [0.25, 0.3) is 5.69 Å². The summed E-state index contributed by atoms with van der Waals surface area (Å²) in [6, 6.07) is 1.70. The third kappa shape index (κ3) is 6.34. The summed E-state index contributed by atoms with van der Waals surface area (Å²) in [5.41, 5.74) is -0.511. The van der Waals surface area contributed by atoms with Crippen molar-refractivity contribution < 1.29 is 32.7 Å². The van der Waals surface area contributed by atoms with E-state index in [9.17, 15) is 23.7 Å². The molecule has 0 fully saturated rings. The SMILES string of the molecule is COCC(C)NC(=O)C=Cc1cc(OC)c(OC(F)F)cc1[N+](=O)[O-]. The van der Waals surface area contributed by atoms with Gasteiger partial charge in [0.15, 0.2) is 11.5 Å². The Labute approximate surface area is 142 Å². The molecule has 0 aliphatic rings. The lowest BCUT2D eigenvalue weighted by atomic mass is 10.1. The molecule has 0 aromatic heterocycles. The first kappa shape index (κ1) is 20.3. The molecule has 0 aliphatic heterocycles. The molecule has 8 nitrogen and oxygen atoms in total. The normalized spacial score (nSPS) is 12.2. The molecule has 1 rings (SSSR count). The zero-order chi connectivity index (χ0) is 19.0. The summed E-state index contributed by atoms with van der Waals surface area (Å²) in [5, 5.41) is 13.7. The Kier molecular flexibility index (Phi) is 7.73. The summed E-state index contributed by atoms with van der Waals surface area (Å²) in [4.78, 5) is 22.1. The van der Waals surface area contributed by atoms with Crippen molar-refractivity contribution in [1.29, 1.82) is 0 Å². The second-order valence-electron chi connectivity index (χ2n) is 4.90. The first-order valence-electron chi connectivity index (χ1n) is 7.07. The highest BCUT2D eigenvalue weighted by Gasteiger charge is 2.20. The van der Waals surface area contributed by atoms with Crippen LogP contribution in [0.5, 0.6) is 11.5 Å². The number of nitrogens with zero attached hydrogens (tertiary/aromatic N) is 1. The second kappa shape index (κ2) is 9.52. The van der Waals surface area contributed by atoms with Crippen LogP contribution in [0.1, 0.15) is 12.5 Å². The summed E-state index contributed by atoms with van der Waals surface area (Å²) >= 11 is 0. The van der Waals surface area contributed by atoms with E-state index in [-0.39, 0.29) is 17.4 Å². The molecule has 0 saturated heterocycles. The lowest BCUT2D eigenvalue weighted by Crippen LogP contribution is -2.34. The number of rotatable bonds is 9. The Balaban J connectivity index is 3.10. The molecule has 138 valence electrons. The minimum absolute atomic E-state index is 0.00184. The largest absolute Gasteiger partial charge is 0.493 e. The number of methoxy groups -OCH3 is 2. The van der Waals surface area contributed by atoms with E-state index >= 15 is 0 Å². The van der Waals surface area contributed by atoms with Crippen LogP contribution in [0.25, 0.3) is 6.08 Å². The molecule has 1 amide bonds. The number of hydrogen-bond donors (Lipinski definition) is 1. The van der Waals surface area contributed by atoms with Crippen molar-refractivity contribution in [1.82, 2.24) is 5.32 Å². The molecular formula is C15H18F2N2O6. The van der Waals surface area contributed by atoms with Gasteiger partial charge in [0.05, 0.1) is 30.3 Å². The van der Waals surface area contributed by atoms with Crippen LogP contribution in [0.3, 0.4) is 0 Å². The van der Waals surface area contributed by atoms with Gasteiger partial charge < -0.3 is 19.5 Å². The first-order valence-corrected chi connectivity index (χ1v) is 7.07. The van der Waals surface area contributed by atoms with Crippen LogP contribution in [0.2, 0.25) is 0 Å². The number of alkyl halides is 2. The lowest BCUT2D eigenvalue weighted by molar-refractivity contribution is -0.385. The second-order valence-corrected chi connectivity index (χ2v) is 4.90. The van der Waals surface area contributed by atoms with Crippen LogP contribution in [0.15, 0.2) is 18.2 Å². The number of halogens is 2. The van der Waals surface area contributed by atoms with Crippen LogP contribution in [-0.4, -0.2) is 44.3 Å². The Morgan fingerprint density at radius 1 is 1.36 bits per heavy atom. The summed E-state index contributed by atoms with van der Waals surface area (Å²) < 4.78 is 38.7. The van der Waals surface area contributed by atoms with Gasteiger partial charge in [0, 0.05) is 19.2 Å². The number of nitro groups is 1. The van der Waals surface area contributed by atoms with Gasteiger partial charge in [-0.25, -0.2) is 0 Å². The minimum Gasteiger partial charge on any atom is -0.493 e. The van der Waals surface area contributed by atoms with E-state index in [4.69, 9.17) is 9.47 Å². The molecule has 25 heavy (non-hydrogen) atoms. The maximum Gasteiger partial charge on any atom is 0.387 e. The molecule has 1 aromatic carbocycles. The molecule has 1 atom stereocenters. The fourth-order valence-electron chi connectivity index (χ4n) is 1.95. The zero-order valence-corrected chi connectivity index (χ0v) is 13.8. The summed E-state index contributed by atoms with van der Waals surface area (Å²) in [7, 11) is 2.68. The van der Waals surface area contributed by atoms with E-state index in [0.717, 1.165) is 18.2 Å². The van der Waals surface area contributed by atoms with Gasteiger partial charge in [-0.3, -0.25) is 14.9 Å². The van der Waals surface area contributed by atoms with E-state index in [1.807, 2.05) is 0 Å². The number of nitro benzene ring substituents is 1. The Hall–Kier alpha value is -2.75. The Morgan fingerprint density at radius 2 is 2.04 bits per heavy atom. The van der Waals surface area contributed by atoms with Crippen LogP contribution in [0, 0.1) is 10.1 Å². The average Bonchev–Trinajstić information content (AvgIpc) is 2.52. The van der Waals surface area contributed by atoms with E-state index in [2.05, 4.69) is 10.1 Å². The summed E-state index contributed by atoms with van der Waals surface area (Å²) in [6.07, 6.45) is 2.27. The first-order chi connectivity index (χ1) is 11.8. The summed E-state index contributed by atoms with van der Waals surface area (Å²) in [6.45, 7) is -1.15. The van der Waals surface area contributed by atoms with Crippen LogP contribution >= 0.6 is 0 Å². The Morgan fingerprint density at radius 3 is 2.56 bits per heavy atom.